The summed E-state index contributed by atoms with van der Waals surface area (Å²) in [5.74, 6) is -1.11. The molecule has 1 heterocycles. The van der Waals surface area contributed by atoms with E-state index in [0.717, 1.165) is 0 Å². The summed E-state index contributed by atoms with van der Waals surface area (Å²) in [6.07, 6.45) is -9.62. The second kappa shape index (κ2) is 6.97. The number of nitrogens with zero attached hydrogens (tertiary/aromatic N) is 1. The lowest BCUT2D eigenvalue weighted by atomic mass is 10.00. The lowest BCUT2D eigenvalue weighted by Gasteiger charge is -2.38. The lowest BCUT2D eigenvalue weighted by Crippen LogP contribution is -2.51. The van der Waals surface area contributed by atoms with E-state index in [2.05, 4.69) is 0 Å². The maximum atomic E-state index is 13.3. The Labute approximate surface area is 150 Å². The average Bonchev–Trinajstić information content (AvgIpc) is 3.02. The molecule has 1 saturated heterocycles. The number of hydrogen-bond donors (Lipinski definition) is 1. The van der Waals surface area contributed by atoms with Crippen molar-refractivity contribution in [1.29, 1.82) is 0 Å². The van der Waals surface area contributed by atoms with E-state index in [-0.39, 0.29) is 31.7 Å². The van der Waals surface area contributed by atoms with Gasteiger partial charge in [0.2, 0.25) is 0 Å². The number of aliphatic hydroxyl groups is 1. The minimum absolute atomic E-state index is 0.0314. The first-order chi connectivity index (χ1) is 12.5. The molecule has 1 aromatic rings. The summed E-state index contributed by atoms with van der Waals surface area (Å²) in [4.78, 5) is 14.0. The summed E-state index contributed by atoms with van der Waals surface area (Å²) in [6, 6.07) is 0.519. The molecule has 2 fully saturated rings. The minimum Gasteiger partial charge on any atom is -0.396 e. The van der Waals surface area contributed by atoms with Crippen LogP contribution in [-0.4, -0.2) is 47.8 Å². The fourth-order valence-corrected chi connectivity index (χ4v) is 3.75. The van der Waals surface area contributed by atoms with Crippen molar-refractivity contribution < 1.29 is 41.0 Å². The first kappa shape index (κ1) is 19.9. The maximum absolute atomic E-state index is 13.3. The van der Waals surface area contributed by atoms with Gasteiger partial charge in [-0.2, -0.15) is 26.3 Å². The Kier molecular flexibility index (Phi) is 5.15. The number of rotatable bonds is 2. The number of ether oxygens (including phenoxy) is 1. The van der Waals surface area contributed by atoms with E-state index in [1.54, 1.807) is 0 Å². The van der Waals surface area contributed by atoms with E-state index >= 15 is 0 Å². The standard InChI is InChI=1S/C17H17F6NO3/c18-16(19,20)10-1-2-11(12(7-10)17(21,22)23)15(26)24-3-4-27-14-6-9(8-25)5-13(14)24/h1-2,7,9,13-14,25H,3-6,8H2/t9-,13+,14+/m1/s1. The Hall–Kier alpha value is -1.81. The van der Waals surface area contributed by atoms with E-state index in [1.807, 2.05) is 0 Å². The summed E-state index contributed by atoms with van der Waals surface area (Å²) in [5, 5.41) is 9.30. The van der Waals surface area contributed by atoms with Crippen LogP contribution in [0.2, 0.25) is 0 Å². The van der Waals surface area contributed by atoms with Gasteiger partial charge in [0.05, 0.1) is 35.4 Å². The smallest absolute Gasteiger partial charge is 0.396 e. The second-order valence-corrected chi connectivity index (χ2v) is 6.75. The Balaban J connectivity index is 1.96. The number of benzene rings is 1. The molecular weight excluding hydrogens is 380 g/mol. The van der Waals surface area contributed by atoms with Crippen LogP contribution in [0, 0.1) is 5.92 Å². The van der Waals surface area contributed by atoms with Crippen molar-refractivity contribution in [2.24, 2.45) is 5.92 Å². The van der Waals surface area contributed by atoms with Crippen LogP contribution in [-0.2, 0) is 17.1 Å². The van der Waals surface area contributed by atoms with Gasteiger partial charge in [-0.15, -0.1) is 0 Å². The number of carbonyl (C=O) groups excluding carboxylic acids is 1. The third-order valence-corrected chi connectivity index (χ3v) is 5.04. The molecule has 150 valence electrons. The number of hydrogen-bond acceptors (Lipinski definition) is 3. The van der Waals surface area contributed by atoms with E-state index in [0.29, 0.717) is 25.0 Å². The molecule has 3 rings (SSSR count). The number of amides is 1. The monoisotopic (exact) mass is 397 g/mol. The number of halogens is 6. The number of carbonyl (C=O) groups is 1. The number of aliphatic hydroxyl groups excluding tert-OH is 1. The summed E-state index contributed by atoms with van der Waals surface area (Å²) in [6.45, 7) is 0.0238. The largest absolute Gasteiger partial charge is 0.417 e. The molecular formula is C17H17F6NO3. The van der Waals surface area contributed by atoms with Gasteiger partial charge in [0.1, 0.15) is 0 Å². The van der Waals surface area contributed by atoms with Crippen molar-refractivity contribution in [3.8, 4) is 0 Å². The summed E-state index contributed by atoms with van der Waals surface area (Å²) in [5.41, 5.74) is -3.89. The summed E-state index contributed by atoms with van der Waals surface area (Å²) < 4.78 is 83.9. The van der Waals surface area contributed by atoms with Gasteiger partial charge in [0.15, 0.2) is 0 Å². The molecule has 1 aliphatic heterocycles. The molecule has 0 aromatic heterocycles. The predicted octanol–water partition coefficient (Wildman–Crippen LogP) is 3.34. The van der Waals surface area contributed by atoms with Crippen molar-refractivity contribution in [3.05, 3.63) is 34.9 Å². The van der Waals surface area contributed by atoms with Gasteiger partial charge in [-0.3, -0.25) is 4.79 Å². The Morgan fingerprint density at radius 3 is 2.44 bits per heavy atom. The predicted molar refractivity (Wildman–Crippen MR) is 80.8 cm³/mol. The first-order valence-corrected chi connectivity index (χ1v) is 8.34. The number of alkyl halides is 6. The highest BCUT2D eigenvalue weighted by Crippen LogP contribution is 2.39. The van der Waals surface area contributed by atoms with Crippen LogP contribution in [0.1, 0.15) is 34.3 Å². The third-order valence-electron chi connectivity index (χ3n) is 5.04. The van der Waals surface area contributed by atoms with Crippen molar-refractivity contribution in [2.45, 2.75) is 37.3 Å². The summed E-state index contributed by atoms with van der Waals surface area (Å²) >= 11 is 0. The van der Waals surface area contributed by atoms with Crippen molar-refractivity contribution >= 4 is 5.91 Å². The zero-order valence-electron chi connectivity index (χ0n) is 14.0. The van der Waals surface area contributed by atoms with Gasteiger partial charge in [0, 0.05) is 13.2 Å². The van der Waals surface area contributed by atoms with Crippen LogP contribution in [0.4, 0.5) is 26.3 Å². The fraction of sp³-hybridized carbons (Fsp3) is 0.588. The molecule has 1 aromatic carbocycles. The molecule has 0 unspecified atom stereocenters. The van der Waals surface area contributed by atoms with E-state index in [4.69, 9.17) is 4.74 Å². The zero-order valence-corrected chi connectivity index (χ0v) is 14.0. The molecule has 27 heavy (non-hydrogen) atoms. The lowest BCUT2D eigenvalue weighted by molar-refractivity contribution is -0.143. The molecule has 0 bridgehead atoms. The zero-order chi connectivity index (χ0) is 20.0. The van der Waals surface area contributed by atoms with Crippen LogP contribution >= 0.6 is 0 Å². The SMILES string of the molecule is O=C(c1ccc(C(F)(F)F)cc1C(F)(F)F)N1CCO[C@H]2C[C@H](CO)C[C@@H]21. The Morgan fingerprint density at radius 1 is 1.15 bits per heavy atom. The average molecular weight is 397 g/mol. The van der Waals surface area contributed by atoms with Gasteiger partial charge < -0.3 is 14.7 Å². The van der Waals surface area contributed by atoms with Crippen molar-refractivity contribution in [1.82, 2.24) is 4.90 Å². The Morgan fingerprint density at radius 2 is 1.85 bits per heavy atom. The first-order valence-electron chi connectivity index (χ1n) is 8.34. The minimum atomic E-state index is -5.11. The quantitative estimate of drug-likeness (QED) is 0.779. The topological polar surface area (TPSA) is 49.8 Å². The van der Waals surface area contributed by atoms with Crippen LogP contribution < -0.4 is 0 Å². The molecule has 0 spiro atoms. The van der Waals surface area contributed by atoms with Gasteiger partial charge in [-0.25, -0.2) is 0 Å². The van der Waals surface area contributed by atoms with Crippen LogP contribution in [0.3, 0.4) is 0 Å². The normalized spacial score (nSPS) is 26.2. The molecule has 0 radical (unpaired) electrons. The molecule has 3 atom stereocenters. The third kappa shape index (κ3) is 3.91. The maximum Gasteiger partial charge on any atom is 0.417 e. The second-order valence-electron chi connectivity index (χ2n) is 6.75. The molecule has 1 aliphatic carbocycles. The molecule has 10 heteroatoms. The molecule has 1 amide bonds. The van der Waals surface area contributed by atoms with Crippen LogP contribution in [0.15, 0.2) is 18.2 Å². The van der Waals surface area contributed by atoms with Crippen molar-refractivity contribution in [2.75, 3.05) is 19.8 Å². The van der Waals surface area contributed by atoms with Gasteiger partial charge >= 0.3 is 12.4 Å². The van der Waals surface area contributed by atoms with E-state index in [9.17, 15) is 36.2 Å². The highest BCUT2D eigenvalue weighted by atomic mass is 19.4. The highest BCUT2D eigenvalue weighted by Gasteiger charge is 2.45. The molecule has 4 nitrogen and oxygen atoms in total. The number of fused-ring (bicyclic) bond motifs is 1. The fourth-order valence-electron chi connectivity index (χ4n) is 3.75. The van der Waals surface area contributed by atoms with E-state index < -0.39 is 47.1 Å². The molecule has 1 N–H and O–H groups in total. The molecule has 1 saturated carbocycles. The van der Waals surface area contributed by atoms with Crippen LogP contribution in [0.5, 0.6) is 0 Å². The van der Waals surface area contributed by atoms with E-state index in [1.165, 1.54) is 4.90 Å². The van der Waals surface area contributed by atoms with Gasteiger partial charge in [-0.1, -0.05) is 0 Å². The van der Waals surface area contributed by atoms with Gasteiger partial charge in [-0.05, 0) is 37.0 Å². The van der Waals surface area contributed by atoms with Crippen LogP contribution in [0.25, 0.3) is 0 Å². The van der Waals surface area contributed by atoms with Crippen molar-refractivity contribution in [3.63, 3.8) is 0 Å². The highest BCUT2D eigenvalue weighted by molar-refractivity contribution is 5.96. The van der Waals surface area contributed by atoms with Gasteiger partial charge in [0.25, 0.3) is 5.91 Å². The molecule has 2 aliphatic rings. The summed E-state index contributed by atoms with van der Waals surface area (Å²) in [7, 11) is 0. The Bertz CT molecular complexity index is 718. The number of morpholine rings is 1.